The number of likely N-dealkylation sites (tertiary alicyclic amines) is 1. The molecular weight excluding hydrogens is 252 g/mol. The summed E-state index contributed by atoms with van der Waals surface area (Å²) < 4.78 is 4.86. The SMILES string of the molecule is CCNC(=NCc1ccon1)N1CC2CCCCC2C1. The van der Waals surface area contributed by atoms with E-state index < -0.39 is 0 Å². The molecule has 3 rings (SSSR count). The van der Waals surface area contributed by atoms with Crippen molar-refractivity contribution >= 4 is 5.96 Å². The number of hydrogen-bond acceptors (Lipinski definition) is 3. The zero-order chi connectivity index (χ0) is 13.8. The van der Waals surface area contributed by atoms with Crippen LogP contribution in [-0.4, -0.2) is 35.7 Å². The van der Waals surface area contributed by atoms with Crippen molar-refractivity contribution in [3.63, 3.8) is 0 Å². The maximum absolute atomic E-state index is 4.86. The van der Waals surface area contributed by atoms with Crippen LogP contribution in [0.4, 0.5) is 0 Å². The molecule has 110 valence electrons. The Hall–Kier alpha value is -1.52. The van der Waals surface area contributed by atoms with Crippen molar-refractivity contribution in [3.8, 4) is 0 Å². The molecule has 5 nitrogen and oxygen atoms in total. The lowest BCUT2D eigenvalue weighted by Gasteiger charge is -2.22. The first-order chi connectivity index (χ1) is 9.86. The normalized spacial score (nSPS) is 26.6. The summed E-state index contributed by atoms with van der Waals surface area (Å²) >= 11 is 0. The van der Waals surface area contributed by atoms with Crippen molar-refractivity contribution in [1.29, 1.82) is 0 Å². The molecule has 2 atom stereocenters. The third-order valence-electron chi connectivity index (χ3n) is 4.49. The molecule has 2 heterocycles. The lowest BCUT2D eigenvalue weighted by Crippen LogP contribution is -2.40. The highest BCUT2D eigenvalue weighted by Crippen LogP contribution is 2.35. The van der Waals surface area contributed by atoms with E-state index in [9.17, 15) is 0 Å². The van der Waals surface area contributed by atoms with Crippen LogP contribution >= 0.6 is 0 Å². The molecule has 1 aliphatic heterocycles. The highest BCUT2D eigenvalue weighted by atomic mass is 16.5. The number of nitrogens with one attached hydrogen (secondary N) is 1. The molecule has 2 fully saturated rings. The second-order valence-electron chi connectivity index (χ2n) is 5.87. The Balaban J connectivity index is 1.65. The number of hydrogen-bond donors (Lipinski definition) is 1. The Morgan fingerprint density at radius 1 is 1.40 bits per heavy atom. The Labute approximate surface area is 120 Å². The number of aliphatic imine (C=N–C) groups is 1. The smallest absolute Gasteiger partial charge is 0.194 e. The van der Waals surface area contributed by atoms with Gasteiger partial charge in [0.2, 0.25) is 0 Å². The largest absolute Gasteiger partial charge is 0.364 e. The van der Waals surface area contributed by atoms with Crippen molar-refractivity contribution in [2.45, 2.75) is 39.2 Å². The summed E-state index contributed by atoms with van der Waals surface area (Å²) in [5.41, 5.74) is 0.886. The molecule has 0 radical (unpaired) electrons. The Morgan fingerprint density at radius 2 is 2.15 bits per heavy atom. The van der Waals surface area contributed by atoms with Crippen molar-refractivity contribution in [2.24, 2.45) is 16.8 Å². The molecule has 0 aromatic carbocycles. The Kier molecular flexibility index (Phi) is 4.23. The summed E-state index contributed by atoms with van der Waals surface area (Å²) in [6, 6.07) is 1.87. The lowest BCUT2D eigenvalue weighted by molar-refractivity contribution is 0.299. The molecule has 20 heavy (non-hydrogen) atoms. The molecule has 2 aliphatic rings. The van der Waals surface area contributed by atoms with Crippen LogP contribution in [0.25, 0.3) is 0 Å². The fourth-order valence-corrected chi connectivity index (χ4v) is 3.48. The van der Waals surface area contributed by atoms with Crippen molar-refractivity contribution in [3.05, 3.63) is 18.0 Å². The van der Waals surface area contributed by atoms with E-state index in [1.807, 2.05) is 6.07 Å². The van der Waals surface area contributed by atoms with Gasteiger partial charge >= 0.3 is 0 Å². The van der Waals surface area contributed by atoms with E-state index in [1.54, 1.807) is 6.26 Å². The van der Waals surface area contributed by atoms with Crippen molar-refractivity contribution < 1.29 is 4.52 Å². The molecule has 1 saturated heterocycles. The molecule has 0 amide bonds. The zero-order valence-electron chi connectivity index (χ0n) is 12.2. The van der Waals surface area contributed by atoms with Gasteiger partial charge in [0.15, 0.2) is 5.96 Å². The number of fused-ring (bicyclic) bond motifs is 1. The summed E-state index contributed by atoms with van der Waals surface area (Å²) in [6.45, 7) is 5.94. The van der Waals surface area contributed by atoms with Gasteiger partial charge in [-0.05, 0) is 31.6 Å². The minimum atomic E-state index is 0.588. The maximum atomic E-state index is 4.86. The number of aromatic nitrogens is 1. The fourth-order valence-electron chi connectivity index (χ4n) is 3.48. The standard InChI is InChI=1S/C15H24N4O/c1-2-16-15(17-9-14-7-8-20-18-14)19-10-12-5-3-4-6-13(12)11-19/h7-8,12-13H,2-6,9-11H2,1H3,(H,16,17). The molecule has 0 bridgehead atoms. The maximum Gasteiger partial charge on any atom is 0.194 e. The fraction of sp³-hybridized carbons (Fsp3) is 0.733. The van der Waals surface area contributed by atoms with E-state index in [1.165, 1.54) is 25.7 Å². The van der Waals surface area contributed by atoms with Gasteiger partial charge in [0.05, 0.1) is 6.54 Å². The van der Waals surface area contributed by atoms with Gasteiger partial charge in [0.25, 0.3) is 0 Å². The van der Waals surface area contributed by atoms with Crippen LogP contribution in [0.3, 0.4) is 0 Å². The van der Waals surface area contributed by atoms with E-state index in [0.29, 0.717) is 6.54 Å². The minimum Gasteiger partial charge on any atom is -0.364 e. The first-order valence-corrected chi connectivity index (χ1v) is 7.79. The van der Waals surface area contributed by atoms with Crippen LogP contribution in [0.15, 0.2) is 21.8 Å². The molecule has 5 heteroatoms. The summed E-state index contributed by atoms with van der Waals surface area (Å²) in [5.74, 6) is 2.78. The highest BCUT2D eigenvalue weighted by Gasteiger charge is 2.35. The average molecular weight is 276 g/mol. The van der Waals surface area contributed by atoms with E-state index in [4.69, 9.17) is 9.52 Å². The van der Waals surface area contributed by atoms with Gasteiger partial charge in [-0.25, -0.2) is 4.99 Å². The number of guanidine groups is 1. The summed E-state index contributed by atoms with van der Waals surface area (Å²) in [6.07, 6.45) is 7.19. The van der Waals surface area contributed by atoms with Gasteiger partial charge in [-0.3, -0.25) is 0 Å². The monoisotopic (exact) mass is 276 g/mol. The van der Waals surface area contributed by atoms with Crippen LogP contribution in [0.5, 0.6) is 0 Å². The molecule has 1 aliphatic carbocycles. The second kappa shape index (κ2) is 6.29. The summed E-state index contributed by atoms with van der Waals surface area (Å²) in [5, 5.41) is 7.33. The zero-order valence-corrected chi connectivity index (χ0v) is 12.2. The van der Waals surface area contributed by atoms with Crippen LogP contribution in [0.1, 0.15) is 38.3 Å². The first-order valence-electron chi connectivity index (χ1n) is 7.79. The van der Waals surface area contributed by atoms with Gasteiger partial charge in [-0.15, -0.1) is 0 Å². The summed E-state index contributed by atoms with van der Waals surface area (Å²) in [4.78, 5) is 7.14. The van der Waals surface area contributed by atoms with E-state index in [-0.39, 0.29) is 0 Å². The van der Waals surface area contributed by atoms with Gasteiger partial charge in [0.1, 0.15) is 12.0 Å². The van der Waals surface area contributed by atoms with Crippen LogP contribution in [0.2, 0.25) is 0 Å². The topological polar surface area (TPSA) is 53.7 Å². The van der Waals surface area contributed by atoms with Gasteiger partial charge in [-0.1, -0.05) is 18.0 Å². The molecule has 1 aromatic heterocycles. The number of rotatable bonds is 3. The van der Waals surface area contributed by atoms with Crippen LogP contribution in [-0.2, 0) is 6.54 Å². The third kappa shape index (κ3) is 2.97. The molecule has 1 N–H and O–H groups in total. The molecule has 0 spiro atoms. The number of nitrogens with zero attached hydrogens (tertiary/aromatic N) is 3. The van der Waals surface area contributed by atoms with Gasteiger partial charge in [0, 0.05) is 25.7 Å². The molecular formula is C15H24N4O. The molecule has 2 unspecified atom stereocenters. The third-order valence-corrected chi connectivity index (χ3v) is 4.49. The predicted molar refractivity (Wildman–Crippen MR) is 78.3 cm³/mol. The summed E-state index contributed by atoms with van der Waals surface area (Å²) in [7, 11) is 0. The highest BCUT2D eigenvalue weighted by molar-refractivity contribution is 5.80. The lowest BCUT2D eigenvalue weighted by atomic mass is 9.82. The van der Waals surface area contributed by atoms with Gasteiger partial charge < -0.3 is 14.7 Å². The van der Waals surface area contributed by atoms with Crippen LogP contribution in [0, 0.1) is 11.8 Å². The Morgan fingerprint density at radius 3 is 2.75 bits per heavy atom. The second-order valence-corrected chi connectivity index (χ2v) is 5.87. The molecule has 1 aromatic rings. The quantitative estimate of drug-likeness (QED) is 0.679. The predicted octanol–water partition coefficient (Wildman–Crippen LogP) is 2.26. The molecule has 1 saturated carbocycles. The first kappa shape index (κ1) is 13.5. The average Bonchev–Trinajstić information content (AvgIpc) is 3.12. The minimum absolute atomic E-state index is 0.588. The van der Waals surface area contributed by atoms with Gasteiger partial charge in [-0.2, -0.15) is 0 Å². The van der Waals surface area contributed by atoms with Crippen LogP contribution < -0.4 is 5.32 Å². The van der Waals surface area contributed by atoms with Crippen molar-refractivity contribution in [2.75, 3.05) is 19.6 Å². The Bertz CT molecular complexity index is 429. The van der Waals surface area contributed by atoms with E-state index in [2.05, 4.69) is 22.3 Å². The van der Waals surface area contributed by atoms with E-state index in [0.717, 1.165) is 43.1 Å². The van der Waals surface area contributed by atoms with Crippen molar-refractivity contribution in [1.82, 2.24) is 15.4 Å². The van der Waals surface area contributed by atoms with E-state index >= 15 is 0 Å².